The lowest BCUT2D eigenvalue weighted by atomic mass is 9.98. The summed E-state index contributed by atoms with van der Waals surface area (Å²) in [5.74, 6) is 6.26. The van der Waals surface area contributed by atoms with Gasteiger partial charge >= 0.3 is 0 Å². The zero-order valence-electron chi connectivity index (χ0n) is 7.20. The third kappa shape index (κ3) is 7.30. The van der Waals surface area contributed by atoms with Crippen molar-refractivity contribution in [1.82, 2.24) is 0 Å². The van der Waals surface area contributed by atoms with Gasteiger partial charge in [0.25, 0.3) is 0 Å². The molecule has 0 saturated carbocycles. The molecule has 0 aliphatic heterocycles. The molecule has 0 nitrogen and oxygen atoms in total. The van der Waals surface area contributed by atoms with E-state index in [0.717, 1.165) is 12.8 Å². The van der Waals surface area contributed by atoms with Crippen molar-refractivity contribution in [2.24, 2.45) is 5.41 Å². The van der Waals surface area contributed by atoms with Crippen molar-refractivity contribution >= 4 is 0 Å². The van der Waals surface area contributed by atoms with Gasteiger partial charge < -0.3 is 0 Å². The maximum absolute atomic E-state index is 3.63. The fourth-order valence-electron chi connectivity index (χ4n) is 0.502. The highest BCUT2D eigenvalue weighted by Crippen LogP contribution is 2.09. The lowest BCUT2D eigenvalue weighted by Gasteiger charge is -2.06. The van der Waals surface area contributed by atoms with Gasteiger partial charge in [-0.25, -0.2) is 0 Å². The molecular weight excluding hydrogens is 120 g/mol. The molecule has 0 aromatic heterocycles. The molecule has 0 radical (unpaired) electrons. The molecule has 0 heterocycles. The van der Waals surface area contributed by atoms with Crippen molar-refractivity contribution in [1.29, 1.82) is 0 Å². The Balaban J connectivity index is 3.59. The molecule has 0 aliphatic carbocycles. The van der Waals surface area contributed by atoms with E-state index >= 15 is 0 Å². The maximum Gasteiger partial charge on any atom is 0.0230 e. The number of hydrogen-bond acceptors (Lipinski definition) is 0. The van der Waals surface area contributed by atoms with Crippen LogP contribution in [0.25, 0.3) is 0 Å². The van der Waals surface area contributed by atoms with Crippen molar-refractivity contribution < 1.29 is 0 Å². The maximum atomic E-state index is 3.63. The van der Waals surface area contributed by atoms with Gasteiger partial charge in [-0.2, -0.15) is 0 Å². The minimum atomic E-state index is 0.154. The van der Waals surface area contributed by atoms with Gasteiger partial charge in [0.1, 0.15) is 0 Å². The summed E-state index contributed by atoms with van der Waals surface area (Å²) in [6.07, 6.45) is 3.85. The van der Waals surface area contributed by atoms with Gasteiger partial charge in [0.15, 0.2) is 0 Å². The predicted molar refractivity (Wildman–Crippen MR) is 46.7 cm³/mol. The van der Waals surface area contributed by atoms with E-state index in [1.165, 1.54) is 0 Å². The molecule has 0 aliphatic rings. The lowest BCUT2D eigenvalue weighted by molar-refractivity contribution is 0.570. The van der Waals surface area contributed by atoms with Gasteiger partial charge in [-0.1, -0.05) is 12.0 Å². The number of rotatable bonds is 2. The van der Waals surface area contributed by atoms with Crippen LogP contribution in [-0.4, -0.2) is 0 Å². The zero-order valence-corrected chi connectivity index (χ0v) is 7.20. The van der Waals surface area contributed by atoms with E-state index in [-0.39, 0.29) is 5.41 Å². The standard InChI is InChI=1S/C10H16/c1-5-6-7-8-9-10(2,3)4/h5H,1,6-7H2,2-4H3. The monoisotopic (exact) mass is 136 g/mol. The van der Waals surface area contributed by atoms with Crippen LogP contribution < -0.4 is 0 Å². The van der Waals surface area contributed by atoms with E-state index in [0.29, 0.717) is 0 Å². The second-order valence-electron chi connectivity index (χ2n) is 3.38. The summed E-state index contributed by atoms with van der Waals surface area (Å²) >= 11 is 0. The van der Waals surface area contributed by atoms with Crippen LogP contribution in [0.1, 0.15) is 33.6 Å². The molecule has 0 N–H and O–H groups in total. The number of hydrogen-bond donors (Lipinski definition) is 0. The van der Waals surface area contributed by atoms with Gasteiger partial charge in [0, 0.05) is 11.8 Å². The highest BCUT2D eigenvalue weighted by molar-refractivity contribution is 5.07. The van der Waals surface area contributed by atoms with Crippen LogP contribution in [0, 0.1) is 17.3 Å². The van der Waals surface area contributed by atoms with Gasteiger partial charge in [-0.15, -0.1) is 12.5 Å². The van der Waals surface area contributed by atoms with Crippen molar-refractivity contribution in [2.45, 2.75) is 33.6 Å². The van der Waals surface area contributed by atoms with E-state index in [1.54, 1.807) is 0 Å². The van der Waals surface area contributed by atoms with Crippen LogP contribution in [0.15, 0.2) is 12.7 Å². The summed E-state index contributed by atoms with van der Waals surface area (Å²) in [7, 11) is 0. The predicted octanol–water partition coefficient (Wildman–Crippen LogP) is 3.00. The van der Waals surface area contributed by atoms with E-state index in [1.807, 2.05) is 6.08 Å². The van der Waals surface area contributed by atoms with E-state index in [4.69, 9.17) is 0 Å². The molecule has 0 atom stereocenters. The molecule has 0 spiro atoms. The Bertz CT molecular complexity index is 147. The van der Waals surface area contributed by atoms with Crippen LogP contribution >= 0.6 is 0 Å². The highest BCUT2D eigenvalue weighted by atomic mass is 14.0. The average Bonchev–Trinajstić information content (AvgIpc) is 1.78. The molecule has 56 valence electrons. The first-order chi connectivity index (χ1) is 4.56. The molecule has 0 amide bonds. The van der Waals surface area contributed by atoms with E-state index in [2.05, 4.69) is 39.2 Å². The molecular formula is C10H16. The first kappa shape index (κ1) is 9.30. The molecule has 0 unspecified atom stereocenters. The Morgan fingerprint density at radius 2 is 2.00 bits per heavy atom. The smallest absolute Gasteiger partial charge is 0.0230 e. The van der Waals surface area contributed by atoms with Gasteiger partial charge in [0.05, 0.1) is 0 Å². The molecule has 0 aromatic carbocycles. The molecule has 10 heavy (non-hydrogen) atoms. The summed E-state index contributed by atoms with van der Waals surface area (Å²) in [5.41, 5.74) is 0.154. The minimum absolute atomic E-state index is 0.154. The lowest BCUT2D eigenvalue weighted by Crippen LogP contribution is -1.98. The molecule has 0 rings (SSSR count). The summed E-state index contributed by atoms with van der Waals surface area (Å²) in [4.78, 5) is 0. The largest absolute Gasteiger partial charge is 0.103 e. The molecule has 0 aromatic rings. The SMILES string of the molecule is C=CCCC#CC(C)(C)C. The topological polar surface area (TPSA) is 0 Å². The first-order valence-corrected chi connectivity index (χ1v) is 3.67. The fraction of sp³-hybridized carbons (Fsp3) is 0.600. The third-order valence-electron chi connectivity index (χ3n) is 0.937. The third-order valence-corrected chi connectivity index (χ3v) is 0.937. The van der Waals surface area contributed by atoms with Gasteiger partial charge in [-0.3, -0.25) is 0 Å². The van der Waals surface area contributed by atoms with Crippen LogP contribution in [-0.2, 0) is 0 Å². The van der Waals surface area contributed by atoms with Crippen LogP contribution in [0.2, 0.25) is 0 Å². The second-order valence-corrected chi connectivity index (χ2v) is 3.38. The molecule has 0 fully saturated rings. The number of allylic oxidation sites excluding steroid dienone is 1. The molecule has 0 bridgehead atoms. The quantitative estimate of drug-likeness (QED) is 0.311. The van der Waals surface area contributed by atoms with Crippen molar-refractivity contribution in [2.75, 3.05) is 0 Å². The number of unbranched alkanes of at least 4 members (excludes halogenated alkanes) is 1. The Kier molecular flexibility index (Phi) is 3.88. The molecule has 0 saturated heterocycles. The normalized spacial score (nSPS) is 9.90. The minimum Gasteiger partial charge on any atom is -0.103 e. The molecule has 0 heteroatoms. The summed E-state index contributed by atoms with van der Waals surface area (Å²) in [5, 5.41) is 0. The van der Waals surface area contributed by atoms with Crippen molar-refractivity contribution in [3.63, 3.8) is 0 Å². The highest BCUT2D eigenvalue weighted by Gasteiger charge is 2.02. The van der Waals surface area contributed by atoms with Crippen LogP contribution in [0.3, 0.4) is 0 Å². The first-order valence-electron chi connectivity index (χ1n) is 3.67. The van der Waals surface area contributed by atoms with E-state index < -0.39 is 0 Å². The van der Waals surface area contributed by atoms with E-state index in [9.17, 15) is 0 Å². The Morgan fingerprint density at radius 3 is 2.40 bits per heavy atom. The van der Waals surface area contributed by atoms with Crippen molar-refractivity contribution in [3.05, 3.63) is 12.7 Å². The fourth-order valence-corrected chi connectivity index (χ4v) is 0.502. The van der Waals surface area contributed by atoms with Gasteiger partial charge in [-0.05, 0) is 27.2 Å². The zero-order chi connectivity index (χ0) is 8.04. The Morgan fingerprint density at radius 1 is 1.40 bits per heavy atom. The second kappa shape index (κ2) is 4.17. The summed E-state index contributed by atoms with van der Waals surface area (Å²) in [6, 6.07) is 0. The van der Waals surface area contributed by atoms with Crippen molar-refractivity contribution in [3.8, 4) is 11.8 Å². The average molecular weight is 136 g/mol. The summed E-state index contributed by atoms with van der Waals surface area (Å²) in [6.45, 7) is 9.98. The Labute approximate surface area is 64.3 Å². The van der Waals surface area contributed by atoms with Crippen LogP contribution in [0.5, 0.6) is 0 Å². The Hall–Kier alpha value is -0.700. The van der Waals surface area contributed by atoms with Gasteiger partial charge in [0.2, 0.25) is 0 Å². The van der Waals surface area contributed by atoms with Crippen LogP contribution in [0.4, 0.5) is 0 Å². The summed E-state index contributed by atoms with van der Waals surface area (Å²) < 4.78 is 0.